The number of nitrogens with zero attached hydrogens (tertiary/aromatic N) is 3. The molecule has 1 aromatic carbocycles. The van der Waals surface area contributed by atoms with Gasteiger partial charge in [-0.1, -0.05) is 37.3 Å². The van der Waals surface area contributed by atoms with Gasteiger partial charge in [-0.15, -0.1) is 0 Å². The van der Waals surface area contributed by atoms with Gasteiger partial charge >= 0.3 is 0 Å². The normalized spacial score (nSPS) is 12.8. The number of hydrogen-bond acceptors (Lipinski definition) is 3. The summed E-state index contributed by atoms with van der Waals surface area (Å²) < 4.78 is 1.86. The minimum absolute atomic E-state index is 0.424. The van der Waals surface area contributed by atoms with Crippen LogP contribution in [0.1, 0.15) is 30.5 Å². The van der Waals surface area contributed by atoms with Crippen LogP contribution in [0.4, 0.5) is 0 Å². The smallest absolute Gasteiger partial charge is 0.0534 e. The highest BCUT2D eigenvalue weighted by molar-refractivity contribution is 5.18. The van der Waals surface area contributed by atoms with Crippen LogP contribution in [-0.4, -0.2) is 34.8 Å². The Morgan fingerprint density at radius 1 is 1.29 bits per heavy atom. The van der Waals surface area contributed by atoms with Crippen LogP contribution in [0, 0.1) is 0 Å². The van der Waals surface area contributed by atoms with E-state index >= 15 is 0 Å². The Bertz CT molecular complexity index is 521. The fourth-order valence-corrected chi connectivity index (χ4v) is 2.61. The molecule has 4 nitrogen and oxygen atoms in total. The summed E-state index contributed by atoms with van der Waals surface area (Å²) in [5.74, 6) is 0. The third-order valence-corrected chi connectivity index (χ3v) is 3.66. The zero-order chi connectivity index (χ0) is 15.1. The van der Waals surface area contributed by atoms with Crippen LogP contribution in [0.15, 0.2) is 42.7 Å². The van der Waals surface area contributed by atoms with Crippen molar-refractivity contribution in [1.29, 1.82) is 0 Å². The van der Waals surface area contributed by atoms with Crippen molar-refractivity contribution in [2.75, 3.05) is 20.1 Å². The highest BCUT2D eigenvalue weighted by Crippen LogP contribution is 2.17. The summed E-state index contributed by atoms with van der Waals surface area (Å²) in [6.07, 6.45) is 5.12. The first-order chi connectivity index (χ1) is 10.2. The third kappa shape index (κ3) is 4.99. The molecular formula is C17H26N4. The number of rotatable bonds is 8. The summed E-state index contributed by atoms with van der Waals surface area (Å²) in [4.78, 5) is 2.35. The molecule has 0 aliphatic carbocycles. The van der Waals surface area contributed by atoms with Gasteiger partial charge in [-0.05, 0) is 32.1 Å². The number of nitrogens with one attached hydrogen (secondary N) is 1. The lowest BCUT2D eigenvalue weighted by molar-refractivity contribution is 0.301. The monoisotopic (exact) mass is 286 g/mol. The van der Waals surface area contributed by atoms with E-state index in [4.69, 9.17) is 0 Å². The number of hydrogen-bond donors (Lipinski definition) is 1. The standard InChI is InChI=1S/C17H26N4/c1-4-18-17(16-8-6-5-7-9-16)10-11-20(2)13-15-12-19-21(3)14-15/h5-9,12,14,17-18H,4,10-11,13H2,1-3H3. The van der Waals surface area contributed by atoms with E-state index in [2.05, 4.69) is 65.8 Å². The minimum Gasteiger partial charge on any atom is -0.310 e. The summed E-state index contributed by atoms with van der Waals surface area (Å²) in [5.41, 5.74) is 2.63. The quantitative estimate of drug-likeness (QED) is 0.810. The van der Waals surface area contributed by atoms with Gasteiger partial charge in [-0.3, -0.25) is 4.68 Å². The number of benzene rings is 1. The van der Waals surface area contributed by atoms with Crippen molar-refractivity contribution in [1.82, 2.24) is 20.0 Å². The van der Waals surface area contributed by atoms with Crippen LogP contribution >= 0.6 is 0 Å². The van der Waals surface area contributed by atoms with Crippen molar-refractivity contribution in [3.05, 3.63) is 53.9 Å². The summed E-state index contributed by atoms with van der Waals surface area (Å²) in [5, 5.41) is 7.80. The molecular weight excluding hydrogens is 260 g/mol. The lowest BCUT2D eigenvalue weighted by Gasteiger charge is -2.22. The Morgan fingerprint density at radius 2 is 2.05 bits per heavy atom. The van der Waals surface area contributed by atoms with Gasteiger partial charge in [0.05, 0.1) is 6.20 Å². The Kier molecular flexibility index (Phi) is 5.96. The van der Waals surface area contributed by atoms with Gasteiger partial charge in [0.25, 0.3) is 0 Å². The maximum atomic E-state index is 4.22. The van der Waals surface area contributed by atoms with Gasteiger partial charge < -0.3 is 10.2 Å². The van der Waals surface area contributed by atoms with E-state index in [1.54, 1.807) is 0 Å². The third-order valence-electron chi connectivity index (χ3n) is 3.66. The second-order valence-electron chi connectivity index (χ2n) is 5.57. The zero-order valence-electron chi connectivity index (χ0n) is 13.3. The van der Waals surface area contributed by atoms with E-state index in [1.165, 1.54) is 11.1 Å². The average Bonchev–Trinajstić information content (AvgIpc) is 2.89. The van der Waals surface area contributed by atoms with Crippen molar-refractivity contribution in [2.45, 2.75) is 25.9 Å². The SMILES string of the molecule is CCNC(CCN(C)Cc1cnn(C)c1)c1ccccc1. The molecule has 2 aromatic rings. The first kappa shape index (κ1) is 15.7. The maximum Gasteiger partial charge on any atom is 0.0534 e. The molecule has 0 amide bonds. The van der Waals surface area contributed by atoms with Crippen LogP contribution in [0.2, 0.25) is 0 Å². The second-order valence-corrected chi connectivity index (χ2v) is 5.57. The van der Waals surface area contributed by atoms with Crippen molar-refractivity contribution in [3.8, 4) is 0 Å². The Balaban J connectivity index is 1.86. The summed E-state index contributed by atoms with van der Waals surface area (Å²) in [6.45, 7) is 5.16. The molecule has 0 saturated carbocycles. The Labute approximate surface area is 127 Å². The molecule has 0 aliphatic heterocycles. The van der Waals surface area contributed by atoms with Crippen LogP contribution in [0.3, 0.4) is 0 Å². The van der Waals surface area contributed by atoms with Crippen molar-refractivity contribution in [2.24, 2.45) is 7.05 Å². The number of aromatic nitrogens is 2. The molecule has 4 heteroatoms. The van der Waals surface area contributed by atoms with E-state index in [1.807, 2.05) is 17.9 Å². The Hall–Kier alpha value is -1.65. The van der Waals surface area contributed by atoms with Crippen molar-refractivity contribution in [3.63, 3.8) is 0 Å². The summed E-state index contributed by atoms with van der Waals surface area (Å²) in [6, 6.07) is 11.1. The zero-order valence-corrected chi connectivity index (χ0v) is 13.3. The van der Waals surface area contributed by atoms with E-state index < -0.39 is 0 Å². The van der Waals surface area contributed by atoms with Crippen LogP contribution in [0.5, 0.6) is 0 Å². The lowest BCUT2D eigenvalue weighted by Crippen LogP contribution is -2.27. The number of aryl methyl sites for hydroxylation is 1. The second kappa shape index (κ2) is 7.96. The van der Waals surface area contributed by atoms with Crippen molar-refractivity contribution < 1.29 is 0 Å². The van der Waals surface area contributed by atoms with Gasteiger partial charge in [0.15, 0.2) is 0 Å². The predicted molar refractivity (Wildman–Crippen MR) is 87.0 cm³/mol. The van der Waals surface area contributed by atoms with E-state index in [0.717, 1.165) is 26.1 Å². The average molecular weight is 286 g/mol. The van der Waals surface area contributed by atoms with Gasteiger partial charge in [0.2, 0.25) is 0 Å². The van der Waals surface area contributed by atoms with E-state index in [9.17, 15) is 0 Å². The molecule has 1 unspecified atom stereocenters. The minimum atomic E-state index is 0.424. The van der Waals surface area contributed by atoms with Gasteiger partial charge in [0, 0.05) is 31.4 Å². The molecule has 1 atom stereocenters. The van der Waals surface area contributed by atoms with Gasteiger partial charge in [0.1, 0.15) is 0 Å². The summed E-state index contributed by atoms with van der Waals surface area (Å²) in [7, 11) is 4.13. The highest BCUT2D eigenvalue weighted by Gasteiger charge is 2.11. The topological polar surface area (TPSA) is 33.1 Å². The van der Waals surface area contributed by atoms with Crippen LogP contribution in [0.25, 0.3) is 0 Å². The summed E-state index contributed by atoms with van der Waals surface area (Å²) >= 11 is 0. The fourth-order valence-electron chi connectivity index (χ4n) is 2.61. The predicted octanol–water partition coefficient (Wildman–Crippen LogP) is 2.59. The molecule has 21 heavy (non-hydrogen) atoms. The van der Waals surface area contributed by atoms with Gasteiger partial charge in [-0.2, -0.15) is 5.10 Å². The lowest BCUT2D eigenvalue weighted by atomic mass is 10.0. The van der Waals surface area contributed by atoms with E-state index in [-0.39, 0.29) is 0 Å². The maximum absolute atomic E-state index is 4.22. The molecule has 0 aliphatic rings. The van der Waals surface area contributed by atoms with Crippen molar-refractivity contribution >= 4 is 0 Å². The fraction of sp³-hybridized carbons (Fsp3) is 0.471. The molecule has 0 fully saturated rings. The molecule has 1 N–H and O–H groups in total. The largest absolute Gasteiger partial charge is 0.310 e. The molecule has 0 saturated heterocycles. The van der Waals surface area contributed by atoms with Gasteiger partial charge in [-0.25, -0.2) is 0 Å². The molecule has 1 heterocycles. The molecule has 0 radical (unpaired) electrons. The highest BCUT2D eigenvalue weighted by atomic mass is 15.2. The molecule has 0 bridgehead atoms. The molecule has 114 valence electrons. The Morgan fingerprint density at radius 3 is 2.67 bits per heavy atom. The first-order valence-corrected chi connectivity index (χ1v) is 7.63. The molecule has 2 rings (SSSR count). The first-order valence-electron chi connectivity index (χ1n) is 7.63. The van der Waals surface area contributed by atoms with E-state index in [0.29, 0.717) is 6.04 Å². The van der Waals surface area contributed by atoms with Crippen LogP contribution in [-0.2, 0) is 13.6 Å². The molecule has 1 aromatic heterocycles. The molecule has 0 spiro atoms. The van der Waals surface area contributed by atoms with Crippen LogP contribution < -0.4 is 5.32 Å².